The van der Waals surface area contributed by atoms with E-state index in [1.54, 1.807) is 0 Å². The van der Waals surface area contributed by atoms with Crippen molar-refractivity contribution < 1.29 is 32.7 Å². The fourth-order valence-corrected chi connectivity index (χ4v) is 1.33. The van der Waals surface area contributed by atoms with Gasteiger partial charge in [-0.05, 0) is 6.54 Å². The van der Waals surface area contributed by atoms with Crippen molar-refractivity contribution in [3.05, 3.63) is 12.8 Å². The average molecular weight is 244 g/mol. The minimum absolute atomic E-state index is 0. The van der Waals surface area contributed by atoms with Crippen LogP contribution in [0.2, 0.25) is 0 Å². The van der Waals surface area contributed by atoms with Gasteiger partial charge in [0.2, 0.25) is 0 Å². The first-order chi connectivity index (χ1) is 5.17. The molecule has 1 nitrogen and oxygen atoms in total. The third-order valence-corrected chi connectivity index (χ3v) is 2.38. The van der Waals surface area contributed by atoms with Crippen molar-refractivity contribution in [3.8, 4) is 0 Å². The zero-order valence-electron chi connectivity index (χ0n) is 9.04. The average Bonchev–Trinajstić information content (AvgIpc) is 2.05. The van der Waals surface area contributed by atoms with Crippen molar-refractivity contribution in [1.82, 2.24) is 4.90 Å². The van der Waals surface area contributed by atoms with Gasteiger partial charge in [-0.15, -0.1) is 12.1 Å². The van der Waals surface area contributed by atoms with Crippen molar-refractivity contribution in [2.45, 2.75) is 46.7 Å². The molecule has 0 fully saturated rings. The molecular formula is C10H21NY-2. The summed E-state index contributed by atoms with van der Waals surface area (Å²) in [5.74, 6) is 0. The van der Waals surface area contributed by atoms with Gasteiger partial charge in [0.1, 0.15) is 0 Å². The molecule has 71 valence electrons. The largest absolute Gasteiger partial charge is 0.357 e. The molecular weight excluding hydrogens is 223 g/mol. The molecule has 0 amide bonds. The Bertz CT molecular complexity index is 85.8. The monoisotopic (exact) mass is 244 g/mol. The Balaban J connectivity index is 0. The molecule has 0 bridgehead atoms. The van der Waals surface area contributed by atoms with Crippen LogP contribution in [-0.2, 0) is 32.7 Å². The molecule has 0 saturated carbocycles. The van der Waals surface area contributed by atoms with E-state index in [1.165, 1.54) is 0 Å². The van der Waals surface area contributed by atoms with E-state index in [-0.39, 0.29) is 32.7 Å². The van der Waals surface area contributed by atoms with Crippen LogP contribution in [0, 0.1) is 12.8 Å². The van der Waals surface area contributed by atoms with Crippen LogP contribution >= 0.6 is 0 Å². The summed E-state index contributed by atoms with van der Waals surface area (Å²) >= 11 is 0. The van der Waals surface area contributed by atoms with Crippen LogP contribution in [-0.4, -0.2) is 23.5 Å². The van der Waals surface area contributed by atoms with Gasteiger partial charge in [-0.1, -0.05) is 20.8 Å². The predicted molar refractivity (Wildman–Crippen MR) is 51.3 cm³/mol. The zero-order chi connectivity index (χ0) is 8.85. The summed E-state index contributed by atoms with van der Waals surface area (Å²) in [7, 11) is 0. The van der Waals surface area contributed by atoms with Gasteiger partial charge < -0.3 is 17.7 Å². The second-order valence-electron chi connectivity index (χ2n) is 2.98. The number of rotatable bonds is 5. The Morgan fingerprint density at radius 1 is 1.08 bits per heavy atom. The summed E-state index contributed by atoms with van der Waals surface area (Å²) in [6.07, 6.45) is 4.48. The first kappa shape index (κ1) is 15.5. The van der Waals surface area contributed by atoms with Crippen LogP contribution in [0.1, 0.15) is 34.6 Å². The molecule has 0 aliphatic heterocycles. The van der Waals surface area contributed by atoms with Gasteiger partial charge >= 0.3 is 0 Å². The van der Waals surface area contributed by atoms with Crippen LogP contribution in [0.25, 0.3) is 0 Å². The maximum atomic E-state index is 2.46. The van der Waals surface area contributed by atoms with Gasteiger partial charge in [-0.2, -0.15) is 13.8 Å². The topological polar surface area (TPSA) is 3.24 Å². The predicted octanol–water partition coefficient (Wildman–Crippen LogP) is 2.53. The normalized spacial score (nSPS) is 15.5. The smallest absolute Gasteiger partial charge is 0 e. The van der Waals surface area contributed by atoms with E-state index in [0.29, 0.717) is 12.1 Å². The molecule has 0 spiro atoms. The Labute approximate surface area is 103 Å². The van der Waals surface area contributed by atoms with Crippen LogP contribution in [0.3, 0.4) is 0 Å². The van der Waals surface area contributed by atoms with E-state index in [2.05, 4.69) is 52.4 Å². The van der Waals surface area contributed by atoms with E-state index in [4.69, 9.17) is 0 Å². The number of nitrogens with zero attached hydrogens (tertiary/aromatic N) is 1. The minimum atomic E-state index is 0. The van der Waals surface area contributed by atoms with Gasteiger partial charge in [0.05, 0.1) is 0 Å². The van der Waals surface area contributed by atoms with Gasteiger partial charge in [-0.3, -0.25) is 0 Å². The molecule has 0 aliphatic carbocycles. The summed E-state index contributed by atoms with van der Waals surface area (Å²) < 4.78 is 0. The Morgan fingerprint density at radius 3 is 1.58 bits per heavy atom. The summed E-state index contributed by atoms with van der Waals surface area (Å²) in [5.41, 5.74) is 0. The maximum Gasteiger partial charge on any atom is 0 e. The molecule has 0 aliphatic rings. The van der Waals surface area contributed by atoms with Crippen molar-refractivity contribution in [2.75, 3.05) is 6.54 Å². The Morgan fingerprint density at radius 2 is 1.42 bits per heavy atom. The van der Waals surface area contributed by atoms with Crippen molar-refractivity contribution in [3.63, 3.8) is 0 Å². The second-order valence-corrected chi connectivity index (χ2v) is 2.98. The van der Waals surface area contributed by atoms with Gasteiger partial charge in [0.15, 0.2) is 0 Å². The second kappa shape index (κ2) is 8.65. The van der Waals surface area contributed by atoms with E-state index in [0.717, 1.165) is 6.54 Å². The molecule has 2 atom stereocenters. The Kier molecular flexibility index (Phi) is 11.2. The molecule has 0 heterocycles. The molecule has 0 rings (SSSR count). The zero-order valence-corrected chi connectivity index (χ0v) is 11.9. The van der Waals surface area contributed by atoms with Crippen LogP contribution < -0.4 is 0 Å². The van der Waals surface area contributed by atoms with Gasteiger partial charge in [-0.25, -0.2) is 0 Å². The van der Waals surface area contributed by atoms with E-state index in [1.807, 2.05) is 0 Å². The third kappa shape index (κ3) is 4.94. The van der Waals surface area contributed by atoms with Crippen LogP contribution in [0.15, 0.2) is 0 Å². The molecule has 0 N–H and O–H groups in total. The van der Waals surface area contributed by atoms with E-state index >= 15 is 0 Å². The number of hydrogen-bond acceptors (Lipinski definition) is 1. The maximum absolute atomic E-state index is 2.46. The molecule has 1 radical (unpaired) electrons. The summed E-state index contributed by atoms with van der Waals surface area (Å²) in [6.45, 7) is 12.1. The SMILES string of the molecule is C[CH-]C(C)N(CC)C(C)[CH-]C.[Y]. The van der Waals surface area contributed by atoms with Gasteiger partial charge in [0.25, 0.3) is 0 Å². The molecule has 12 heavy (non-hydrogen) atoms. The molecule has 2 unspecified atom stereocenters. The summed E-state index contributed by atoms with van der Waals surface area (Å²) in [6, 6.07) is 1.18. The Hall–Kier alpha value is 1.06. The fourth-order valence-electron chi connectivity index (χ4n) is 1.33. The van der Waals surface area contributed by atoms with Crippen molar-refractivity contribution in [1.29, 1.82) is 0 Å². The minimum Gasteiger partial charge on any atom is -0.357 e. The molecule has 0 aromatic carbocycles. The molecule has 0 saturated heterocycles. The standard InChI is InChI=1S/C10H21N.Y/c1-6-9(4)11(8-3)10(5)7-2;/h6-7,9-10H,8H2,1-5H3;/q-2;. The van der Waals surface area contributed by atoms with Crippen LogP contribution in [0.5, 0.6) is 0 Å². The molecule has 2 heteroatoms. The van der Waals surface area contributed by atoms with E-state index < -0.39 is 0 Å². The first-order valence-electron chi connectivity index (χ1n) is 4.52. The third-order valence-electron chi connectivity index (χ3n) is 2.38. The summed E-state index contributed by atoms with van der Waals surface area (Å²) in [5, 5.41) is 0. The quantitative estimate of drug-likeness (QED) is 0.672. The van der Waals surface area contributed by atoms with Crippen molar-refractivity contribution >= 4 is 0 Å². The van der Waals surface area contributed by atoms with Crippen molar-refractivity contribution in [2.24, 2.45) is 0 Å². The van der Waals surface area contributed by atoms with E-state index in [9.17, 15) is 0 Å². The molecule has 0 aromatic heterocycles. The fraction of sp³-hybridized carbons (Fsp3) is 0.800. The van der Waals surface area contributed by atoms with Crippen LogP contribution in [0.4, 0.5) is 0 Å². The summed E-state index contributed by atoms with van der Waals surface area (Å²) in [4.78, 5) is 2.46. The van der Waals surface area contributed by atoms with Gasteiger partial charge in [0, 0.05) is 32.7 Å². The molecule has 0 aromatic rings. The number of hydrogen-bond donors (Lipinski definition) is 0. The first-order valence-corrected chi connectivity index (χ1v) is 4.52.